The van der Waals surface area contributed by atoms with Crippen molar-refractivity contribution in [3.63, 3.8) is 0 Å². The van der Waals surface area contributed by atoms with Gasteiger partial charge in [0.25, 0.3) is 5.91 Å². The Bertz CT molecular complexity index is 493. The van der Waals surface area contributed by atoms with Gasteiger partial charge in [0.15, 0.2) is 0 Å². The number of hydrogen-bond acceptors (Lipinski definition) is 2. The molecular formula is C15H19NO2. The zero-order valence-corrected chi connectivity index (χ0v) is 10.8. The Hall–Kier alpha value is -1.12. The number of amides is 2. The largest absolute Gasteiger partial charge is 0.292 e. The number of nitrogens with one attached hydrogen (secondary N) is 1. The number of fused-ring (bicyclic) bond motifs is 1. The van der Waals surface area contributed by atoms with Crippen LogP contribution >= 0.6 is 0 Å². The number of rotatable bonds is 2. The van der Waals surface area contributed by atoms with E-state index in [-0.39, 0.29) is 17.2 Å². The first kappa shape index (κ1) is 10.8. The van der Waals surface area contributed by atoms with Crippen molar-refractivity contribution in [2.24, 2.45) is 28.6 Å². The highest BCUT2D eigenvalue weighted by molar-refractivity contribution is 6.05. The molecule has 4 rings (SSSR count). The van der Waals surface area contributed by atoms with E-state index in [4.69, 9.17) is 0 Å². The fourth-order valence-corrected chi connectivity index (χ4v) is 5.32. The molecule has 0 saturated heterocycles. The molecule has 96 valence electrons. The standard InChI is InChI=1S/C15H19NO2/c1-8(2)12(17)16-13(18)14-3-9-4-15(11(9)7-14)6-10(15)5-14/h9-11H,1,3-7H2,2H3,(H,16,17,18). The van der Waals surface area contributed by atoms with Crippen LogP contribution in [0.2, 0.25) is 0 Å². The van der Waals surface area contributed by atoms with E-state index in [1.807, 2.05) is 0 Å². The third-order valence-corrected chi connectivity index (χ3v) is 6.23. The van der Waals surface area contributed by atoms with E-state index in [0.29, 0.717) is 11.0 Å². The highest BCUT2D eigenvalue weighted by atomic mass is 16.2. The van der Waals surface area contributed by atoms with Gasteiger partial charge in [-0.15, -0.1) is 0 Å². The fourth-order valence-electron chi connectivity index (χ4n) is 5.32. The molecule has 4 aliphatic carbocycles. The van der Waals surface area contributed by atoms with Crippen molar-refractivity contribution >= 4 is 11.8 Å². The number of imide groups is 1. The predicted octanol–water partition coefficient (Wildman–Crippen LogP) is 2.03. The van der Waals surface area contributed by atoms with Crippen LogP contribution < -0.4 is 5.32 Å². The molecule has 0 aromatic heterocycles. The van der Waals surface area contributed by atoms with Gasteiger partial charge in [-0.25, -0.2) is 0 Å². The summed E-state index contributed by atoms with van der Waals surface area (Å²) in [5.41, 5.74) is 0.850. The molecule has 0 aromatic rings. The topological polar surface area (TPSA) is 46.2 Å². The van der Waals surface area contributed by atoms with Gasteiger partial charge < -0.3 is 0 Å². The minimum atomic E-state index is -0.304. The molecule has 4 saturated carbocycles. The summed E-state index contributed by atoms with van der Waals surface area (Å²) in [5.74, 6) is 2.01. The molecule has 4 fully saturated rings. The normalized spacial score (nSPS) is 49.9. The van der Waals surface area contributed by atoms with Crippen molar-refractivity contribution < 1.29 is 9.59 Å². The maximum absolute atomic E-state index is 12.4. The fraction of sp³-hybridized carbons (Fsp3) is 0.733. The molecule has 18 heavy (non-hydrogen) atoms. The summed E-state index contributed by atoms with van der Waals surface area (Å²) in [7, 11) is 0. The van der Waals surface area contributed by atoms with Gasteiger partial charge in [0.05, 0.1) is 5.41 Å². The Morgan fingerprint density at radius 1 is 1.17 bits per heavy atom. The average Bonchev–Trinajstić information content (AvgIpc) is 2.95. The van der Waals surface area contributed by atoms with Crippen LogP contribution in [0.1, 0.15) is 39.0 Å². The van der Waals surface area contributed by atoms with E-state index in [9.17, 15) is 9.59 Å². The maximum atomic E-state index is 12.4. The van der Waals surface area contributed by atoms with Gasteiger partial charge >= 0.3 is 0 Å². The lowest BCUT2D eigenvalue weighted by atomic mass is 9.60. The molecular weight excluding hydrogens is 226 g/mol. The van der Waals surface area contributed by atoms with E-state index in [1.165, 1.54) is 12.8 Å². The molecule has 5 atom stereocenters. The van der Waals surface area contributed by atoms with Crippen molar-refractivity contribution in [2.45, 2.75) is 39.0 Å². The van der Waals surface area contributed by atoms with Crippen molar-refractivity contribution in [1.82, 2.24) is 5.32 Å². The van der Waals surface area contributed by atoms with Crippen LogP contribution in [0.3, 0.4) is 0 Å². The first-order chi connectivity index (χ1) is 8.47. The first-order valence-electron chi connectivity index (χ1n) is 6.98. The van der Waals surface area contributed by atoms with Crippen molar-refractivity contribution in [3.05, 3.63) is 12.2 Å². The molecule has 2 amide bonds. The second-order valence-corrected chi connectivity index (χ2v) is 7.16. The van der Waals surface area contributed by atoms with E-state index >= 15 is 0 Å². The summed E-state index contributed by atoms with van der Waals surface area (Å²) in [6.07, 6.45) is 5.77. The van der Waals surface area contributed by atoms with Crippen molar-refractivity contribution in [2.75, 3.05) is 0 Å². The Balaban J connectivity index is 1.56. The SMILES string of the molecule is C=C(C)C(=O)NC(=O)C12CC3CC4(CC4C1)C3C2. The number of hydrogen-bond donors (Lipinski definition) is 1. The summed E-state index contributed by atoms with van der Waals surface area (Å²) >= 11 is 0. The van der Waals surface area contributed by atoms with Gasteiger partial charge in [-0.3, -0.25) is 14.9 Å². The highest BCUT2D eigenvalue weighted by Gasteiger charge is 2.77. The van der Waals surface area contributed by atoms with Gasteiger partial charge in [-0.05, 0) is 62.2 Å². The number of carbonyl (C=O) groups excluding carboxylic acids is 2. The van der Waals surface area contributed by atoms with Gasteiger partial charge in [0.2, 0.25) is 5.91 Å². The Labute approximate surface area is 107 Å². The lowest BCUT2D eigenvalue weighted by Gasteiger charge is -2.44. The molecule has 0 radical (unpaired) electrons. The summed E-state index contributed by atoms with van der Waals surface area (Å²) in [4.78, 5) is 24.1. The summed E-state index contributed by atoms with van der Waals surface area (Å²) < 4.78 is 0. The Morgan fingerprint density at radius 3 is 2.67 bits per heavy atom. The lowest BCUT2D eigenvalue weighted by molar-refractivity contribution is -0.137. The summed E-state index contributed by atoms with van der Waals surface area (Å²) in [6.45, 7) is 5.24. The third-order valence-electron chi connectivity index (χ3n) is 6.23. The number of carbonyl (C=O) groups is 2. The van der Waals surface area contributed by atoms with Crippen molar-refractivity contribution in [1.29, 1.82) is 0 Å². The zero-order valence-electron chi connectivity index (χ0n) is 10.8. The predicted molar refractivity (Wildman–Crippen MR) is 66.4 cm³/mol. The van der Waals surface area contributed by atoms with Gasteiger partial charge in [0.1, 0.15) is 0 Å². The minimum Gasteiger partial charge on any atom is -0.292 e. The van der Waals surface area contributed by atoms with Crippen LogP contribution in [-0.2, 0) is 9.59 Å². The molecule has 1 N–H and O–H groups in total. The van der Waals surface area contributed by atoms with Gasteiger partial charge in [-0.1, -0.05) is 6.58 Å². The van der Waals surface area contributed by atoms with E-state index in [0.717, 1.165) is 37.0 Å². The smallest absolute Gasteiger partial charge is 0.252 e. The van der Waals surface area contributed by atoms with Crippen LogP contribution in [0.4, 0.5) is 0 Å². The molecule has 3 nitrogen and oxygen atoms in total. The van der Waals surface area contributed by atoms with Gasteiger partial charge in [0, 0.05) is 5.57 Å². The lowest BCUT2D eigenvalue weighted by Crippen LogP contribution is -2.45. The van der Waals surface area contributed by atoms with Gasteiger partial charge in [-0.2, -0.15) is 0 Å². The van der Waals surface area contributed by atoms with Crippen LogP contribution in [0.25, 0.3) is 0 Å². The van der Waals surface area contributed by atoms with Crippen LogP contribution in [-0.4, -0.2) is 11.8 Å². The summed E-state index contributed by atoms with van der Waals surface area (Å²) in [5, 5.41) is 2.57. The van der Waals surface area contributed by atoms with Crippen LogP contribution in [0, 0.1) is 28.6 Å². The molecule has 2 bridgehead atoms. The quantitative estimate of drug-likeness (QED) is 0.757. The van der Waals surface area contributed by atoms with E-state index in [2.05, 4.69) is 11.9 Å². The molecule has 0 aliphatic heterocycles. The molecule has 5 unspecified atom stereocenters. The van der Waals surface area contributed by atoms with E-state index in [1.54, 1.807) is 6.92 Å². The Kier molecular flexibility index (Phi) is 1.73. The highest BCUT2D eigenvalue weighted by Crippen LogP contribution is 2.83. The molecule has 1 spiro atoms. The molecule has 0 aromatic carbocycles. The summed E-state index contributed by atoms with van der Waals surface area (Å²) in [6, 6.07) is 0. The zero-order chi connectivity index (χ0) is 12.7. The maximum Gasteiger partial charge on any atom is 0.252 e. The van der Waals surface area contributed by atoms with Crippen LogP contribution in [0.5, 0.6) is 0 Å². The average molecular weight is 245 g/mol. The van der Waals surface area contributed by atoms with Crippen molar-refractivity contribution in [3.8, 4) is 0 Å². The monoisotopic (exact) mass is 245 g/mol. The first-order valence-corrected chi connectivity index (χ1v) is 6.98. The second-order valence-electron chi connectivity index (χ2n) is 7.16. The molecule has 4 aliphatic rings. The molecule has 0 heterocycles. The Morgan fingerprint density at radius 2 is 1.94 bits per heavy atom. The van der Waals surface area contributed by atoms with E-state index < -0.39 is 0 Å². The second kappa shape index (κ2) is 2.89. The third kappa shape index (κ3) is 1.07. The van der Waals surface area contributed by atoms with Crippen LogP contribution in [0.15, 0.2) is 12.2 Å². The minimum absolute atomic E-state index is 0.0228. The molecule has 3 heteroatoms.